The number of aromatic nitrogens is 2. The Kier molecular flexibility index (Phi) is 7.73. The van der Waals surface area contributed by atoms with E-state index >= 15 is 0 Å². The van der Waals surface area contributed by atoms with E-state index in [1.165, 1.54) is 7.11 Å². The second-order valence-corrected chi connectivity index (χ2v) is 13.4. The Morgan fingerprint density at radius 2 is 1.73 bits per heavy atom. The van der Waals surface area contributed by atoms with Gasteiger partial charge in [-0.2, -0.15) is 10.4 Å². The number of hydrogen-bond donors (Lipinski definition) is 0. The van der Waals surface area contributed by atoms with Gasteiger partial charge in [0.2, 0.25) is 0 Å². The van der Waals surface area contributed by atoms with Gasteiger partial charge in [-0.05, 0) is 67.8 Å². The number of carbonyl (C=O) groups is 2. The van der Waals surface area contributed by atoms with Crippen molar-refractivity contribution in [3.8, 4) is 28.8 Å². The number of hydrogen-bond acceptors (Lipinski definition) is 7. The van der Waals surface area contributed by atoms with Gasteiger partial charge in [-0.1, -0.05) is 48.0 Å². The Labute approximate surface area is 261 Å². The van der Waals surface area contributed by atoms with Crippen LogP contribution in [0.2, 0.25) is 0 Å². The van der Waals surface area contributed by atoms with Gasteiger partial charge in [0.05, 0.1) is 35.9 Å². The topological polar surface area (TPSA) is 122 Å². The highest BCUT2D eigenvalue weighted by Crippen LogP contribution is 2.39. The summed E-state index contributed by atoms with van der Waals surface area (Å²) in [6.45, 7) is 3.97. The zero-order chi connectivity index (χ0) is 31.9. The fourth-order valence-corrected chi connectivity index (χ4v) is 7.56. The zero-order valence-electron chi connectivity index (χ0n) is 25.0. The maximum absolute atomic E-state index is 14.4. The van der Waals surface area contributed by atoms with Gasteiger partial charge in [-0.25, -0.2) is 13.1 Å². The number of aryl methyl sites for hydroxylation is 2. The number of carbonyl (C=O) groups excluding carboxylic acids is 2. The molecule has 0 bridgehead atoms. The maximum Gasteiger partial charge on any atom is 0.272 e. The van der Waals surface area contributed by atoms with Crippen LogP contribution in [0, 0.1) is 25.2 Å². The molecule has 3 aromatic carbocycles. The van der Waals surface area contributed by atoms with E-state index in [0.29, 0.717) is 22.6 Å². The summed E-state index contributed by atoms with van der Waals surface area (Å²) < 4.78 is 31.8. The van der Waals surface area contributed by atoms with Crippen LogP contribution in [-0.4, -0.2) is 59.6 Å². The van der Waals surface area contributed by atoms with Crippen molar-refractivity contribution in [2.24, 2.45) is 0 Å². The van der Waals surface area contributed by atoms with E-state index in [0.717, 1.165) is 27.3 Å². The van der Waals surface area contributed by atoms with Gasteiger partial charge < -0.3 is 4.74 Å². The first kappa shape index (κ1) is 29.8. The van der Waals surface area contributed by atoms with Crippen LogP contribution >= 0.6 is 0 Å². The van der Waals surface area contributed by atoms with E-state index in [2.05, 4.69) is 0 Å². The second-order valence-electron chi connectivity index (χ2n) is 11.2. The quantitative estimate of drug-likeness (QED) is 0.218. The molecule has 45 heavy (non-hydrogen) atoms. The molecular weight excluding hydrogens is 588 g/mol. The Bertz CT molecular complexity index is 2050. The Morgan fingerprint density at radius 1 is 1.00 bits per heavy atom. The third-order valence-electron chi connectivity index (χ3n) is 8.18. The Hall–Kier alpha value is -5.27. The fourth-order valence-electron chi connectivity index (χ4n) is 5.86. The molecule has 0 N–H and O–H groups in total. The minimum atomic E-state index is -3.44. The van der Waals surface area contributed by atoms with Crippen molar-refractivity contribution in [2.75, 3.05) is 18.6 Å². The highest BCUT2D eigenvalue weighted by Gasteiger charge is 2.45. The number of para-hydroxylation sites is 1. The summed E-state index contributed by atoms with van der Waals surface area (Å²) in [4.78, 5) is 29.1. The summed E-state index contributed by atoms with van der Waals surface area (Å²) in [5.41, 5.74) is 5.39. The molecular formula is C35H30N4O5S. The highest BCUT2D eigenvalue weighted by atomic mass is 32.2. The van der Waals surface area contributed by atoms with Crippen molar-refractivity contribution in [1.29, 1.82) is 5.26 Å². The molecule has 0 spiro atoms. The molecule has 1 saturated heterocycles. The minimum absolute atomic E-state index is 0.0970. The predicted molar refractivity (Wildman–Crippen MR) is 171 cm³/mol. The number of ether oxygens (including phenoxy) is 1. The number of amides is 2. The monoisotopic (exact) mass is 618 g/mol. The average molecular weight is 619 g/mol. The highest BCUT2D eigenvalue weighted by molar-refractivity contribution is 7.91. The molecule has 9 nitrogen and oxygen atoms in total. The Balaban J connectivity index is 1.62. The Morgan fingerprint density at radius 3 is 2.38 bits per heavy atom. The van der Waals surface area contributed by atoms with E-state index in [-0.39, 0.29) is 34.6 Å². The number of methoxy groups -OCH3 is 1. The molecule has 0 radical (unpaired) electrons. The van der Waals surface area contributed by atoms with Crippen molar-refractivity contribution in [3.63, 3.8) is 0 Å². The average Bonchev–Trinajstić information content (AvgIpc) is 3.62. The molecule has 3 heterocycles. The first-order valence-corrected chi connectivity index (χ1v) is 16.2. The molecule has 1 unspecified atom stereocenters. The molecule has 6 rings (SSSR count). The van der Waals surface area contributed by atoms with Crippen molar-refractivity contribution in [3.05, 3.63) is 112 Å². The summed E-state index contributed by atoms with van der Waals surface area (Å²) in [5, 5.41) is 15.3. The van der Waals surface area contributed by atoms with Crippen LogP contribution in [0.3, 0.4) is 0 Å². The van der Waals surface area contributed by atoms with E-state index in [4.69, 9.17) is 9.84 Å². The van der Waals surface area contributed by atoms with Gasteiger partial charge in [0.1, 0.15) is 23.1 Å². The minimum Gasteiger partial charge on any atom is -0.497 e. The number of benzene rings is 3. The maximum atomic E-state index is 14.4. The lowest BCUT2D eigenvalue weighted by Crippen LogP contribution is -2.49. The molecule has 2 aliphatic heterocycles. The van der Waals surface area contributed by atoms with Crippen LogP contribution < -0.4 is 4.74 Å². The number of nitriles is 1. The SMILES string of the molecule is COc1ccc(C2=C(C#N)C(=O)N(C3CCS(=O)(=O)C3)C(=O)/C2=C\c2cn(-c3ccccc3)nc2-c2cc(C)ccc2C)cc1. The molecule has 1 fully saturated rings. The lowest BCUT2D eigenvalue weighted by molar-refractivity contribution is -0.142. The van der Waals surface area contributed by atoms with E-state index in [1.54, 1.807) is 35.0 Å². The second kappa shape index (κ2) is 11.7. The molecule has 1 atom stereocenters. The van der Waals surface area contributed by atoms with E-state index in [9.17, 15) is 23.3 Å². The predicted octanol–water partition coefficient (Wildman–Crippen LogP) is 5.08. The van der Waals surface area contributed by atoms with Crippen LogP contribution in [0.5, 0.6) is 5.75 Å². The number of imide groups is 1. The third kappa shape index (κ3) is 5.58. The van der Waals surface area contributed by atoms with Crippen molar-refractivity contribution < 1.29 is 22.7 Å². The first-order chi connectivity index (χ1) is 21.6. The molecule has 1 aromatic heterocycles. The normalized spacial score (nSPS) is 18.8. The number of rotatable bonds is 6. The molecule has 10 heteroatoms. The van der Waals surface area contributed by atoms with Gasteiger partial charge in [-0.15, -0.1) is 0 Å². The smallest absolute Gasteiger partial charge is 0.272 e. The summed E-state index contributed by atoms with van der Waals surface area (Å²) >= 11 is 0. The first-order valence-electron chi connectivity index (χ1n) is 14.4. The standard InChI is InChI=1S/C35H30N4O5S/c1-22-9-10-23(2)29(17-22)33-25(20-38(37-33)26-7-5-4-6-8-26)18-30-32(24-11-13-28(44-3)14-12-24)31(19-36)35(41)39(34(30)40)27-15-16-45(42,43)21-27/h4-14,17-18,20,27H,15-16,21H2,1-3H3/b30-18-. The summed E-state index contributed by atoms with van der Waals surface area (Å²) in [5.74, 6) is -1.37. The van der Waals surface area contributed by atoms with Gasteiger partial charge in [-0.3, -0.25) is 14.5 Å². The lowest BCUT2D eigenvalue weighted by Gasteiger charge is -2.32. The van der Waals surface area contributed by atoms with Gasteiger partial charge >= 0.3 is 0 Å². The lowest BCUT2D eigenvalue weighted by atomic mass is 9.86. The van der Waals surface area contributed by atoms with Gasteiger partial charge in [0.15, 0.2) is 9.84 Å². The van der Waals surface area contributed by atoms with Crippen LogP contribution in [0.25, 0.3) is 28.6 Å². The van der Waals surface area contributed by atoms with Crippen LogP contribution in [0.1, 0.15) is 28.7 Å². The summed E-state index contributed by atoms with van der Waals surface area (Å²) in [6, 6.07) is 23.5. The van der Waals surface area contributed by atoms with Gasteiger partial charge in [0, 0.05) is 22.9 Å². The van der Waals surface area contributed by atoms with Crippen LogP contribution in [-0.2, 0) is 19.4 Å². The zero-order valence-corrected chi connectivity index (χ0v) is 25.8. The molecule has 2 aliphatic rings. The van der Waals surface area contributed by atoms with E-state index < -0.39 is 27.7 Å². The van der Waals surface area contributed by atoms with E-state index in [1.807, 2.05) is 74.6 Å². The van der Waals surface area contributed by atoms with Crippen molar-refractivity contribution in [2.45, 2.75) is 26.3 Å². The number of sulfone groups is 1. The summed E-state index contributed by atoms with van der Waals surface area (Å²) in [6.07, 6.45) is 3.58. The van der Waals surface area contributed by atoms with Crippen LogP contribution in [0.4, 0.5) is 0 Å². The molecule has 0 aliphatic carbocycles. The molecule has 4 aromatic rings. The molecule has 226 valence electrons. The molecule has 2 amide bonds. The van der Waals surface area contributed by atoms with Crippen molar-refractivity contribution >= 4 is 33.3 Å². The van der Waals surface area contributed by atoms with Crippen molar-refractivity contribution in [1.82, 2.24) is 14.7 Å². The van der Waals surface area contributed by atoms with Crippen LogP contribution in [0.15, 0.2) is 90.1 Å². The number of nitrogens with zero attached hydrogens (tertiary/aromatic N) is 4. The molecule has 0 saturated carbocycles. The summed E-state index contributed by atoms with van der Waals surface area (Å²) in [7, 11) is -1.91. The fraction of sp³-hybridized carbons (Fsp3) is 0.200. The van der Waals surface area contributed by atoms with Gasteiger partial charge in [0.25, 0.3) is 11.8 Å². The third-order valence-corrected chi connectivity index (χ3v) is 9.93. The largest absolute Gasteiger partial charge is 0.497 e.